The molecule has 2 aromatic carbocycles. The summed E-state index contributed by atoms with van der Waals surface area (Å²) < 4.78 is 5.51. The van der Waals surface area contributed by atoms with Gasteiger partial charge in [-0.1, -0.05) is 56.1 Å². The van der Waals surface area contributed by atoms with E-state index < -0.39 is 11.9 Å². The Hall–Kier alpha value is -2.04. The van der Waals surface area contributed by atoms with Gasteiger partial charge in [-0.3, -0.25) is 9.59 Å². The first-order chi connectivity index (χ1) is 13.2. The van der Waals surface area contributed by atoms with E-state index in [9.17, 15) is 9.59 Å². The second-order valence-corrected chi connectivity index (χ2v) is 8.53. The number of carbonyl (C=O) groups is 2. The fraction of sp³-hybridized carbons (Fsp3) is 0.364. The molecule has 1 aliphatic heterocycles. The van der Waals surface area contributed by atoms with E-state index in [2.05, 4.69) is 20.8 Å². The van der Waals surface area contributed by atoms with Crippen LogP contribution < -0.4 is 9.64 Å². The van der Waals surface area contributed by atoms with Crippen LogP contribution in [0.15, 0.2) is 42.5 Å². The zero-order valence-corrected chi connectivity index (χ0v) is 17.7. The maximum absolute atomic E-state index is 12.6. The van der Waals surface area contributed by atoms with E-state index in [4.69, 9.17) is 27.9 Å². The third-order valence-corrected chi connectivity index (χ3v) is 5.95. The van der Waals surface area contributed by atoms with Crippen LogP contribution in [0.3, 0.4) is 0 Å². The lowest BCUT2D eigenvalue weighted by molar-refractivity contribution is -0.139. The van der Waals surface area contributed by atoms with Crippen LogP contribution in [-0.4, -0.2) is 18.4 Å². The first-order valence-electron chi connectivity index (χ1n) is 9.29. The van der Waals surface area contributed by atoms with Gasteiger partial charge in [-0.05, 0) is 47.7 Å². The highest BCUT2D eigenvalue weighted by Crippen LogP contribution is 2.34. The molecule has 3 rings (SSSR count). The Balaban J connectivity index is 1.69. The zero-order valence-electron chi connectivity index (χ0n) is 16.2. The van der Waals surface area contributed by atoms with Crippen molar-refractivity contribution in [1.29, 1.82) is 0 Å². The van der Waals surface area contributed by atoms with Crippen molar-refractivity contribution >= 4 is 40.8 Å². The number of nitrogens with zero attached hydrogens (tertiary/aromatic N) is 1. The van der Waals surface area contributed by atoms with Gasteiger partial charge in [0.25, 0.3) is 0 Å². The number of anilines is 1. The molecule has 0 spiro atoms. The van der Waals surface area contributed by atoms with Gasteiger partial charge in [0.15, 0.2) is 0 Å². The van der Waals surface area contributed by atoms with Crippen LogP contribution in [0.5, 0.6) is 5.75 Å². The molecule has 1 atom stereocenters. The molecule has 1 amide bonds. The molecule has 148 valence electrons. The molecule has 0 aliphatic carbocycles. The van der Waals surface area contributed by atoms with Crippen molar-refractivity contribution < 1.29 is 14.3 Å². The van der Waals surface area contributed by atoms with E-state index in [-0.39, 0.29) is 24.3 Å². The highest BCUT2D eigenvalue weighted by Gasteiger charge is 2.37. The monoisotopic (exact) mass is 419 g/mol. The zero-order chi connectivity index (χ0) is 20.5. The largest absolute Gasteiger partial charge is 0.426 e. The standard InChI is InChI=1S/C22H23Cl2NO3/c1-4-22(2,3)15-5-8-17(9-6-15)28-21(27)14-11-20(26)25(13-14)19-12-16(23)7-10-18(19)24/h5-10,12,14H,4,11,13H2,1-3H3/t14-/m0/s1. The minimum atomic E-state index is -0.547. The molecule has 2 aromatic rings. The third kappa shape index (κ3) is 4.34. The molecular weight excluding hydrogens is 397 g/mol. The number of rotatable bonds is 5. The predicted molar refractivity (Wildman–Crippen MR) is 112 cm³/mol. The molecular formula is C22H23Cl2NO3. The van der Waals surface area contributed by atoms with Gasteiger partial charge >= 0.3 is 5.97 Å². The van der Waals surface area contributed by atoms with Gasteiger partial charge < -0.3 is 9.64 Å². The highest BCUT2D eigenvalue weighted by molar-refractivity contribution is 6.35. The van der Waals surface area contributed by atoms with E-state index in [0.29, 0.717) is 21.5 Å². The Kier molecular flexibility index (Phi) is 6.01. The molecule has 0 radical (unpaired) electrons. The Bertz CT molecular complexity index is 893. The van der Waals surface area contributed by atoms with Crippen molar-refractivity contribution in [1.82, 2.24) is 0 Å². The average molecular weight is 420 g/mol. The van der Waals surface area contributed by atoms with Crippen LogP contribution in [-0.2, 0) is 15.0 Å². The van der Waals surface area contributed by atoms with Crippen molar-refractivity contribution in [3.8, 4) is 5.75 Å². The summed E-state index contributed by atoms with van der Waals surface area (Å²) in [6, 6.07) is 12.5. The fourth-order valence-corrected chi connectivity index (χ4v) is 3.55. The molecule has 6 heteroatoms. The number of halogens is 2. The van der Waals surface area contributed by atoms with Crippen LogP contribution in [0.1, 0.15) is 39.2 Å². The second-order valence-electron chi connectivity index (χ2n) is 7.68. The molecule has 1 heterocycles. The fourth-order valence-electron chi connectivity index (χ4n) is 3.17. The predicted octanol–water partition coefficient (Wildman–Crippen LogP) is 5.64. The van der Waals surface area contributed by atoms with Gasteiger partial charge in [-0.2, -0.15) is 0 Å². The third-order valence-electron chi connectivity index (χ3n) is 5.40. The number of esters is 1. The van der Waals surface area contributed by atoms with Gasteiger partial charge in [-0.15, -0.1) is 0 Å². The van der Waals surface area contributed by atoms with Crippen molar-refractivity contribution in [3.63, 3.8) is 0 Å². The number of carbonyl (C=O) groups excluding carboxylic acids is 2. The molecule has 0 unspecified atom stereocenters. The smallest absolute Gasteiger partial charge is 0.316 e. The number of hydrogen-bond donors (Lipinski definition) is 0. The highest BCUT2D eigenvalue weighted by atomic mass is 35.5. The van der Waals surface area contributed by atoms with Gasteiger partial charge in [0.05, 0.1) is 16.6 Å². The molecule has 28 heavy (non-hydrogen) atoms. The lowest BCUT2D eigenvalue weighted by atomic mass is 9.82. The molecule has 0 saturated carbocycles. The lowest BCUT2D eigenvalue weighted by Crippen LogP contribution is -2.27. The van der Waals surface area contributed by atoms with E-state index in [1.54, 1.807) is 30.3 Å². The van der Waals surface area contributed by atoms with Crippen molar-refractivity contribution in [2.24, 2.45) is 5.92 Å². The minimum absolute atomic E-state index is 0.0666. The quantitative estimate of drug-likeness (QED) is 0.465. The second kappa shape index (κ2) is 8.14. The number of hydrogen-bond acceptors (Lipinski definition) is 3. The van der Waals surface area contributed by atoms with E-state index in [0.717, 1.165) is 6.42 Å². The van der Waals surface area contributed by atoms with Crippen molar-refractivity contribution in [2.45, 2.75) is 39.0 Å². The Morgan fingerprint density at radius 3 is 2.50 bits per heavy atom. The van der Waals surface area contributed by atoms with Gasteiger partial charge in [-0.25, -0.2) is 0 Å². The van der Waals surface area contributed by atoms with E-state index >= 15 is 0 Å². The van der Waals surface area contributed by atoms with Crippen molar-refractivity contribution in [2.75, 3.05) is 11.4 Å². The summed E-state index contributed by atoms with van der Waals surface area (Å²) in [6.45, 7) is 6.71. The Morgan fingerprint density at radius 2 is 1.86 bits per heavy atom. The molecule has 1 saturated heterocycles. The maximum atomic E-state index is 12.6. The normalized spacial score (nSPS) is 17.1. The average Bonchev–Trinajstić information content (AvgIpc) is 3.06. The summed E-state index contributed by atoms with van der Waals surface area (Å²) in [7, 11) is 0. The SMILES string of the molecule is CCC(C)(C)c1ccc(OC(=O)[C@H]2CC(=O)N(c3cc(Cl)ccc3Cl)C2)cc1. The molecule has 1 aliphatic rings. The summed E-state index contributed by atoms with van der Waals surface area (Å²) in [5.41, 5.74) is 1.77. The van der Waals surface area contributed by atoms with Crippen LogP contribution in [0.4, 0.5) is 5.69 Å². The summed E-state index contributed by atoms with van der Waals surface area (Å²) >= 11 is 12.2. The van der Waals surface area contributed by atoms with Crippen LogP contribution in [0.2, 0.25) is 10.0 Å². The summed E-state index contributed by atoms with van der Waals surface area (Å²) in [5.74, 6) is -0.663. The van der Waals surface area contributed by atoms with Gasteiger partial charge in [0.1, 0.15) is 5.75 Å². The lowest BCUT2D eigenvalue weighted by Gasteiger charge is -2.23. The Labute approximate surface area is 175 Å². The first kappa shape index (κ1) is 20.7. The van der Waals surface area contributed by atoms with Crippen LogP contribution in [0.25, 0.3) is 0 Å². The molecule has 0 bridgehead atoms. The number of amides is 1. The van der Waals surface area contributed by atoms with E-state index in [1.165, 1.54) is 10.5 Å². The van der Waals surface area contributed by atoms with Gasteiger partial charge in [0, 0.05) is 18.0 Å². The number of ether oxygens (including phenoxy) is 1. The minimum Gasteiger partial charge on any atom is -0.426 e. The van der Waals surface area contributed by atoms with Crippen LogP contribution >= 0.6 is 23.2 Å². The van der Waals surface area contributed by atoms with Crippen molar-refractivity contribution in [3.05, 3.63) is 58.1 Å². The Morgan fingerprint density at radius 1 is 1.18 bits per heavy atom. The number of benzene rings is 2. The first-order valence-corrected chi connectivity index (χ1v) is 10.0. The topological polar surface area (TPSA) is 46.6 Å². The van der Waals surface area contributed by atoms with Crippen LogP contribution in [0, 0.1) is 5.92 Å². The summed E-state index contributed by atoms with van der Waals surface area (Å²) in [5, 5.41) is 0.897. The molecule has 0 N–H and O–H groups in total. The molecule has 4 nitrogen and oxygen atoms in total. The van der Waals surface area contributed by atoms with Gasteiger partial charge in [0.2, 0.25) is 5.91 Å². The van der Waals surface area contributed by atoms with E-state index in [1.807, 2.05) is 12.1 Å². The molecule has 1 fully saturated rings. The maximum Gasteiger partial charge on any atom is 0.316 e. The summed E-state index contributed by atoms with van der Waals surface area (Å²) in [6.07, 6.45) is 1.10. The molecule has 0 aromatic heterocycles. The summed E-state index contributed by atoms with van der Waals surface area (Å²) in [4.78, 5) is 26.5.